The highest BCUT2D eigenvalue weighted by molar-refractivity contribution is 5.93. The number of amides is 2. The fourth-order valence-electron chi connectivity index (χ4n) is 3.04. The van der Waals surface area contributed by atoms with Crippen LogP contribution in [-0.4, -0.2) is 64.9 Å². The van der Waals surface area contributed by atoms with Crippen LogP contribution in [0.4, 0.5) is 10.5 Å². The standard InChI is InChI=1S/C20H29N5O5/c1-5-29-18-13(9-21)14(22)8-15(24-18)17(27)23-10-12-6-7-25(11-16(12)26)19(28)30-20(2,3)4/h8,12,16,26H,5-7,10-11H2,1-4H3,(H2,22,24)(H,23,27)/t12-,16+/m0/s1. The molecule has 0 radical (unpaired) electrons. The first-order valence-electron chi connectivity index (χ1n) is 9.83. The molecule has 10 nitrogen and oxygen atoms in total. The van der Waals surface area contributed by atoms with Crippen LogP contribution in [0.3, 0.4) is 0 Å². The van der Waals surface area contributed by atoms with E-state index in [1.165, 1.54) is 11.0 Å². The maximum atomic E-state index is 12.5. The molecule has 10 heteroatoms. The predicted octanol–water partition coefficient (Wildman–Crippen LogP) is 1.28. The maximum Gasteiger partial charge on any atom is 0.410 e. The Morgan fingerprint density at radius 3 is 2.73 bits per heavy atom. The highest BCUT2D eigenvalue weighted by Crippen LogP contribution is 2.23. The average Bonchev–Trinajstić information content (AvgIpc) is 2.65. The second-order valence-electron chi connectivity index (χ2n) is 8.07. The Morgan fingerprint density at radius 2 is 2.17 bits per heavy atom. The molecular formula is C20H29N5O5. The Kier molecular flexibility index (Phi) is 7.45. The molecule has 30 heavy (non-hydrogen) atoms. The first kappa shape index (κ1) is 23.2. The molecule has 1 saturated heterocycles. The van der Waals surface area contributed by atoms with E-state index in [0.29, 0.717) is 13.0 Å². The van der Waals surface area contributed by atoms with Gasteiger partial charge in [0.15, 0.2) is 0 Å². The number of nitriles is 1. The minimum atomic E-state index is -0.801. The third kappa shape index (κ3) is 5.97. The van der Waals surface area contributed by atoms with E-state index >= 15 is 0 Å². The minimum absolute atomic E-state index is 0.0100. The molecule has 1 fully saturated rings. The number of pyridine rings is 1. The van der Waals surface area contributed by atoms with Crippen LogP contribution < -0.4 is 15.8 Å². The summed E-state index contributed by atoms with van der Waals surface area (Å²) in [5.41, 5.74) is 5.44. The summed E-state index contributed by atoms with van der Waals surface area (Å²) in [6.07, 6.45) is -0.761. The Labute approximate surface area is 176 Å². The van der Waals surface area contributed by atoms with Gasteiger partial charge in [0.2, 0.25) is 5.88 Å². The number of nitrogens with one attached hydrogen (secondary N) is 1. The predicted molar refractivity (Wildman–Crippen MR) is 109 cm³/mol. The largest absolute Gasteiger partial charge is 0.477 e. The van der Waals surface area contributed by atoms with Gasteiger partial charge in [-0.2, -0.15) is 5.26 Å². The fraction of sp³-hybridized carbons (Fsp3) is 0.600. The van der Waals surface area contributed by atoms with Gasteiger partial charge in [0.05, 0.1) is 24.9 Å². The van der Waals surface area contributed by atoms with E-state index in [9.17, 15) is 14.7 Å². The van der Waals surface area contributed by atoms with E-state index in [0.717, 1.165) is 0 Å². The number of nitrogens with zero attached hydrogens (tertiary/aromatic N) is 3. The highest BCUT2D eigenvalue weighted by Gasteiger charge is 2.32. The van der Waals surface area contributed by atoms with Crippen molar-refractivity contribution in [2.75, 3.05) is 32.0 Å². The van der Waals surface area contributed by atoms with E-state index in [2.05, 4.69) is 10.3 Å². The number of nitrogen functional groups attached to an aromatic ring is 1. The Bertz CT molecular complexity index is 830. The molecule has 2 amide bonds. The number of aliphatic hydroxyl groups excluding tert-OH is 1. The molecule has 1 aliphatic rings. The van der Waals surface area contributed by atoms with E-state index < -0.39 is 23.7 Å². The normalized spacial score (nSPS) is 19.0. The van der Waals surface area contributed by atoms with Crippen molar-refractivity contribution in [3.05, 3.63) is 17.3 Å². The number of hydrogen-bond donors (Lipinski definition) is 3. The second kappa shape index (κ2) is 9.63. The molecule has 0 spiro atoms. The molecular weight excluding hydrogens is 390 g/mol. The number of piperidine rings is 1. The Morgan fingerprint density at radius 1 is 1.47 bits per heavy atom. The molecule has 1 aromatic rings. The number of rotatable bonds is 5. The number of aromatic nitrogens is 1. The molecule has 0 aromatic carbocycles. The number of β-amino-alcohol motifs (C(OH)–C–C–N with tert-alkyl or cyclic N) is 1. The maximum absolute atomic E-state index is 12.5. The zero-order chi connectivity index (χ0) is 22.5. The molecule has 0 saturated carbocycles. The first-order valence-corrected chi connectivity index (χ1v) is 9.83. The summed E-state index contributed by atoms with van der Waals surface area (Å²) in [5.74, 6) is -0.709. The number of hydrogen-bond acceptors (Lipinski definition) is 8. The quantitative estimate of drug-likeness (QED) is 0.646. The second-order valence-corrected chi connectivity index (χ2v) is 8.07. The zero-order valence-corrected chi connectivity index (χ0v) is 17.8. The van der Waals surface area contributed by atoms with Crippen LogP contribution in [0.25, 0.3) is 0 Å². The molecule has 4 N–H and O–H groups in total. The number of ether oxygens (including phenoxy) is 2. The van der Waals surface area contributed by atoms with Crippen LogP contribution in [0.2, 0.25) is 0 Å². The van der Waals surface area contributed by atoms with Gasteiger partial charge in [-0.25, -0.2) is 9.78 Å². The topological polar surface area (TPSA) is 151 Å². The van der Waals surface area contributed by atoms with Gasteiger partial charge in [-0.3, -0.25) is 4.79 Å². The van der Waals surface area contributed by atoms with Gasteiger partial charge < -0.3 is 30.5 Å². The van der Waals surface area contributed by atoms with Crippen molar-refractivity contribution in [3.8, 4) is 11.9 Å². The lowest BCUT2D eigenvalue weighted by atomic mass is 9.94. The van der Waals surface area contributed by atoms with Gasteiger partial charge in [0, 0.05) is 19.0 Å². The van der Waals surface area contributed by atoms with Gasteiger partial charge >= 0.3 is 6.09 Å². The summed E-state index contributed by atoms with van der Waals surface area (Å²) in [6.45, 7) is 8.10. The summed E-state index contributed by atoms with van der Waals surface area (Å²) >= 11 is 0. The monoisotopic (exact) mass is 419 g/mol. The van der Waals surface area contributed by atoms with Crippen LogP contribution in [0.1, 0.15) is 50.2 Å². The van der Waals surface area contributed by atoms with E-state index in [-0.39, 0.29) is 48.4 Å². The molecule has 0 unspecified atom stereocenters. The number of carbonyl (C=O) groups is 2. The number of anilines is 1. The SMILES string of the molecule is CCOc1nc(C(=O)NC[C@@H]2CCN(C(=O)OC(C)(C)C)C[C@H]2O)cc(N)c1C#N. The summed E-state index contributed by atoms with van der Waals surface area (Å²) in [6, 6.07) is 3.23. The van der Waals surface area contributed by atoms with Crippen molar-refractivity contribution >= 4 is 17.7 Å². The van der Waals surface area contributed by atoms with E-state index in [4.69, 9.17) is 20.5 Å². The smallest absolute Gasteiger partial charge is 0.410 e. The number of carbonyl (C=O) groups excluding carboxylic acids is 2. The van der Waals surface area contributed by atoms with Crippen LogP contribution in [0, 0.1) is 17.2 Å². The zero-order valence-electron chi connectivity index (χ0n) is 17.8. The van der Waals surface area contributed by atoms with Gasteiger partial charge in [0.25, 0.3) is 5.91 Å². The molecule has 2 atom stereocenters. The van der Waals surface area contributed by atoms with Crippen molar-refractivity contribution in [2.45, 2.75) is 45.8 Å². The van der Waals surface area contributed by atoms with E-state index in [1.54, 1.807) is 27.7 Å². The number of aliphatic hydroxyl groups is 1. The Balaban J connectivity index is 1.96. The van der Waals surface area contributed by atoms with Gasteiger partial charge in [-0.15, -0.1) is 0 Å². The lowest BCUT2D eigenvalue weighted by Gasteiger charge is -2.36. The van der Waals surface area contributed by atoms with Crippen molar-refractivity contribution in [1.29, 1.82) is 5.26 Å². The fourth-order valence-corrected chi connectivity index (χ4v) is 3.04. The lowest BCUT2D eigenvalue weighted by molar-refractivity contribution is -0.0122. The van der Waals surface area contributed by atoms with Crippen LogP contribution >= 0.6 is 0 Å². The molecule has 164 valence electrons. The molecule has 2 heterocycles. The van der Waals surface area contributed by atoms with Crippen molar-refractivity contribution < 1.29 is 24.2 Å². The van der Waals surface area contributed by atoms with Gasteiger partial charge in [-0.1, -0.05) is 0 Å². The van der Waals surface area contributed by atoms with Crippen LogP contribution in [-0.2, 0) is 4.74 Å². The summed E-state index contributed by atoms with van der Waals surface area (Å²) in [7, 11) is 0. The number of likely N-dealkylation sites (tertiary alicyclic amines) is 1. The molecule has 0 bridgehead atoms. The minimum Gasteiger partial charge on any atom is -0.477 e. The average molecular weight is 419 g/mol. The van der Waals surface area contributed by atoms with Gasteiger partial charge in [-0.05, 0) is 40.2 Å². The number of nitrogens with two attached hydrogens (primary N) is 1. The molecule has 1 aliphatic heterocycles. The van der Waals surface area contributed by atoms with Crippen LogP contribution in [0.15, 0.2) is 6.07 Å². The highest BCUT2D eigenvalue weighted by atomic mass is 16.6. The van der Waals surface area contributed by atoms with Gasteiger partial charge in [0.1, 0.15) is 22.9 Å². The van der Waals surface area contributed by atoms with E-state index in [1.807, 2.05) is 6.07 Å². The summed E-state index contributed by atoms with van der Waals surface area (Å²) in [5, 5.41) is 22.3. The Hall–Kier alpha value is -3.06. The third-order valence-corrected chi connectivity index (χ3v) is 4.54. The molecule has 2 rings (SSSR count). The third-order valence-electron chi connectivity index (χ3n) is 4.54. The van der Waals surface area contributed by atoms with Crippen molar-refractivity contribution in [1.82, 2.24) is 15.2 Å². The summed E-state index contributed by atoms with van der Waals surface area (Å²) in [4.78, 5) is 30.2. The first-order chi connectivity index (χ1) is 14.1. The summed E-state index contributed by atoms with van der Waals surface area (Å²) < 4.78 is 10.6. The molecule has 0 aliphatic carbocycles. The molecule has 1 aromatic heterocycles. The van der Waals surface area contributed by atoms with Crippen molar-refractivity contribution in [3.63, 3.8) is 0 Å². The van der Waals surface area contributed by atoms with Crippen molar-refractivity contribution in [2.24, 2.45) is 5.92 Å². The lowest BCUT2D eigenvalue weighted by Crippen LogP contribution is -2.50. The van der Waals surface area contributed by atoms with Crippen LogP contribution in [0.5, 0.6) is 5.88 Å².